The van der Waals surface area contributed by atoms with E-state index in [0.717, 1.165) is 17.0 Å². The van der Waals surface area contributed by atoms with Crippen molar-refractivity contribution in [2.24, 2.45) is 0 Å². The molecule has 3 aromatic heterocycles. The van der Waals surface area contributed by atoms with E-state index < -0.39 is 5.91 Å². The summed E-state index contributed by atoms with van der Waals surface area (Å²) in [5.74, 6) is 0.235. The second kappa shape index (κ2) is 8.35. The molecule has 31 heavy (non-hydrogen) atoms. The molecule has 0 saturated heterocycles. The Kier molecular flexibility index (Phi) is 5.44. The maximum atomic E-state index is 13.0. The molecule has 0 atom stereocenters. The lowest BCUT2D eigenvalue weighted by atomic mass is 10.2. The van der Waals surface area contributed by atoms with E-state index in [1.807, 2.05) is 57.2 Å². The van der Waals surface area contributed by atoms with Gasteiger partial charge in [0.1, 0.15) is 11.4 Å². The Hall–Kier alpha value is -4.07. The van der Waals surface area contributed by atoms with Crippen LogP contribution in [-0.2, 0) is 6.54 Å². The van der Waals surface area contributed by atoms with Crippen LogP contribution in [0.5, 0.6) is 0 Å². The van der Waals surface area contributed by atoms with Crippen molar-refractivity contribution in [2.45, 2.75) is 27.3 Å². The largest absolute Gasteiger partial charge is 0.310 e. The molecule has 3 heterocycles. The summed E-state index contributed by atoms with van der Waals surface area (Å²) in [6, 6.07) is 16.4. The van der Waals surface area contributed by atoms with Crippen LogP contribution in [0.1, 0.15) is 33.0 Å². The Balaban J connectivity index is 1.64. The lowest BCUT2D eigenvalue weighted by molar-refractivity contribution is 0.102. The molecule has 4 aromatic rings. The van der Waals surface area contributed by atoms with Gasteiger partial charge in [0.05, 0.1) is 12.2 Å². The zero-order chi connectivity index (χ0) is 22.0. The molecule has 1 aromatic carbocycles. The molecule has 1 amide bonds. The normalized spacial score (nSPS) is 10.8. The summed E-state index contributed by atoms with van der Waals surface area (Å²) in [5.41, 5.74) is 2.93. The number of hydrogen-bond donors (Lipinski definition) is 1. The number of carbonyl (C=O) groups excluding carboxylic acids is 1. The van der Waals surface area contributed by atoms with Crippen molar-refractivity contribution in [3.05, 3.63) is 99.4 Å². The standard InChI is InChI=1S/C23H22N6O2/c1-15-12-16(2)25-23(24-15)29-20(13-17(3)27-29)26-21(30)19-10-7-11-28(22(19)31)14-18-8-5-4-6-9-18/h4-13H,14H2,1-3H3,(H,26,30). The third-order valence-electron chi connectivity index (χ3n) is 4.69. The maximum absolute atomic E-state index is 13.0. The summed E-state index contributed by atoms with van der Waals surface area (Å²) in [5, 5.41) is 7.18. The number of amides is 1. The molecule has 8 nitrogen and oxygen atoms in total. The lowest BCUT2D eigenvalue weighted by Gasteiger charge is -2.10. The molecule has 1 N–H and O–H groups in total. The first-order valence-corrected chi connectivity index (χ1v) is 9.85. The van der Waals surface area contributed by atoms with Crippen LogP contribution < -0.4 is 10.9 Å². The molecular weight excluding hydrogens is 392 g/mol. The van der Waals surface area contributed by atoms with E-state index in [2.05, 4.69) is 20.4 Å². The van der Waals surface area contributed by atoms with Gasteiger partial charge >= 0.3 is 0 Å². The summed E-state index contributed by atoms with van der Waals surface area (Å²) >= 11 is 0. The van der Waals surface area contributed by atoms with Crippen LogP contribution in [0.25, 0.3) is 5.95 Å². The molecule has 4 rings (SSSR count). The Labute approximate surface area is 179 Å². The minimum absolute atomic E-state index is 0.0465. The number of nitrogens with zero attached hydrogens (tertiary/aromatic N) is 5. The first kappa shape index (κ1) is 20.2. The zero-order valence-corrected chi connectivity index (χ0v) is 17.5. The quantitative estimate of drug-likeness (QED) is 0.542. The molecule has 0 unspecified atom stereocenters. The third kappa shape index (κ3) is 4.42. The molecule has 0 aliphatic carbocycles. The van der Waals surface area contributed by atoms with Crippen LogP contribution >= 0.6 is 0 Å². The first-order chi connectivity index (χ1) is 14.9. The predicted octanol–water partition coefficient (Wildman–Crippen LogP) is 3.05. The molecule has 156 valence electrons. The van der Waals surface area contributed by atoms with Gasteiger partial charge in [-0.1, -0.05) is 30.3 Å². The summed E-state index contributed by atoms with van der Waals surface area (Å²) in [7, 11) is 0. The minimum atomic E-state index is -0.516. The highest BCUT2D eigenvalue weighted by atomic mass is 16.2. The number of anilines is 1. The van der Waals surface area contributed by atoms with Crippen LogP contribution in [0.2, 0.25) is 0 Å². The Morgan fingerprint density at radius 1 is 0.935 bits per heavy atom. The number of rotatable bonds is 5. The van der Waals surface area contributed by atoms with Gasteiger partial charge in [0.2, 0.25) is 0 Å². The maximum Gasteiger partial charge on any atom is 0.263 e. The average Bonchev–Trinajstić information content (AvgIpc) is 3.09. The number of carbonyl (C=O) groups is 1. The third-order valence-corrected chi connectivity index (χ3v) is 4.69. The Morgan fingerprint density at radius 2 is 1.65 bits per heavy atom. The van der Waals surface area contributed by atoms with Gasteiger partial charge in [-0.05, 0) is 44.5 Å². The number of benzene rings is 1. The lowest BCUT2D eigenvalue weighted by Crippen LogP contribution is -2.29. The fourth-order valence-corrected chi connectivity index (χ4v) is 3.34. The van der Waals surface area contributed by atoms with Crippen molar-refractivity contribution >= 4 is 11.7 Å². The van der Waals surface area contributed by atoms with Gasteiger partial charge in [0.25, 0.3) is 17.4 Å². The monoisotopic (exact) mass is 414 g/mol. The molecule has 0 fully saturated rings. The van der Waals surface area contributed by atoms with E-state index in [4.69, 9.17) is 0 Å². The fourth-order valence-electron chi connectivity index (χ4n) is 3.34. The minimum Gasteiger partial charge on any atom is -0.310 e. The number of nitrogens with one attached hydrogen (secondary N) is 1. The highest BCUT2D eigenvalue weighted by Crippen LogP contribution is 2.16. The van der Waals surface area contributed by atoms with Crippen molar-refractivity contribution in [1.29, 1.82) is 0 Å². The summed E-state index contributed by atoms with van der Waals surface area (Å²) in [4.78, 5) is 34.7. The van der Waals surface area contributed by atoms with E-state index in [1.165, 1.54) is 15.3 Å². The number of hydrogen-bond acceptors (Lipinski definition) is 5. The van der Waals surface area contributed by atoms with Gasteiger partial charge in [0, 0.05) is 23.7 Å². The topological polar surface area (TPSA) is 94.7 Å². The summed E-state index contributed by atoms with van der Waals surface area (Å²) in [6.45, 7) is 5.93. The fraction of sp³-hybridized carbons (Fsp3) is 0.174. The summed E-state index contributed by atoms with van der Waals surface area (Å²) in [6.07, 6.45) is 1.67. The van der Waals surface area contributed by atoms with Crippen molar-refractivity contribution in [3.63, 3.8) is 0 Å². The molecule has 0 radical (unpaired) electrons. The molecule has 0 aliphatic heterocycles. The molecule has 0 saturated carbocycles. The van der Waals surface area contributed by atoms with Crippen LogP contribution in [0.3, 0.4) is 0 Å². The van der Waals surface area contributed by atoms with Crippen LogP contribution in [-0.4, -0.2) is 30.2 Å². The van der Waals surface area contributed by atoms with Crippen LogP contribution in [0.4, 0.5) is 5.82 Å². The predicted molar refractivity (Wildman–Crippen MR) is 118 cm³/mol. The van der Waals surface area contributed by atoms with Gasteiger partial charge in [0.15, 0.2) is 0 Å². The SMILES string of the molecule is Cc1cc(C)nc(-n2nc(C)cc2NC(=O)c2cccn(Cc3ccccc3)c2=O)n1. The molecule has 0 bridgehead atoms. The highest BCUT2D eigenvalue weighted by Gasteiger charge is 2.17. The van der Waals surface area contributed by atoms with E-state index in [-0.39, 0.29) is 11.1 Å². The highest BCUT2D eigenvalue weighted by molar-refractivity contribution is 6.03. The average molecular weight is 414 g/mol. The second-order valence-corrected chi connectivity index (χ2v) is 7.33. The van der Waals surface area contributed by atoms with Gasteiger partial charge in [-0.25, -0.2) is 9.97 Å². The van der Waals surface area contributed by atoms with Crippen LogP contribution in [0, 0.1) is 20.8 Å². The summed E-state index contributed by atoms with van der Waals surface area (Å²) < 4.78 is 2.98. The van der Waals surface area contributed by atoms with Gasteiger partial charge in [-0.15, -0.1) is 0 Å². The zero-order valence-electron chi connectivity index (χ0n) is 17.5. The van der Waals surface area contributed by atoms with E-state index in [0.29, 0.717) is 24.0 Å². The van der Waals surface area contributed by atoms with Gasteiger partial charge in [-0.2, -0.15) is 9.78 Å². The number of aryl methyl sites for hydroxylation is 3. The van der Waals surface area contributed by atoms with E-state index in [9.17, 15) is 9.59 Å². The number of pyridine rings is 1. The molecule has 0 aliphatic rings. The number of aromatic nitrogens is 5. The van der Waals surface area contributed by atoms with Crippen LogP contribution in [0.15, 0.2) is 65.6 Å². The van der Waals surface area contributed by atoms with Crippen molar-refractivity contribution in [1.82, 2.24) is 24.3 Å². The van der Waals surface area contributed by atoms with Crippen molar-refractivity contribution in [2.75, 3.05) is 5.32 Å². The van der Waals surface area contributed by atoms with Gasteiger partial charge < -0.3 is 9.88 Å². The van der Waals surface area contributed by atoms with E-state index in [1.54, 1.807) is 18.3 Å². The molecule has 8 heteroatoms. The second-order valence-electron chi connectivity index (χ2n) is 7.33. The molecular formula is C23H22N6O2. The van der Waals surface area contributed by atoms with Crippen molar-refractivity contribution < 1.29 is 4.79 Å². The van der Waals surface area contributed by atoms with E-state index >= 15 is 0 Å². The first-order valence-electron chi connectivity index (χ1n) is 9.85. The Morgan fingerprint density at radius 3 is 2.35 bits per heavy atom. The Bertz CT molecular complexity index is 1290. The van der Waals surface area contributed by atoms with Gasteiger partial charge in [-0.3, -0.25) is 9.59 Å². The smallest absolute Gasteiger partial charge is 0.263 e. The molecule has 0 spiro atoms. The van der Waals surface area contributed by atoms with Crippen molar-refractivity contribution in [3.8, 4) is 5.95 Å².